The van der Waals surface area contributed by atoms with Crippen molar-refractivity contribution in [2.75, 3.05) is 19.8 Å². The monoisotopic (exact) mass is 350 g/mol. The zero-order valence-electron chi connectivity index (χ0n) is 10.2. The minimum atomic E-state index is -3.74. The average Bonchev–Trinajstić information content (AvgIpc) is 2.37. The third-order valence-corrected chi connectivity index (χ3v) is 4.36. The van der Waals surface area contributed by atoms with Gasteiger partial charge in [0.25, 0.3) is 0 Å². The molecule has 1 saturated heterocycles. The Morgan fingerprint density at radius 2 is 2.16 bits per heavy atom. The molecule has 2 rings (SSSR count). The number of ether oxygens (including phenoxy) is 2. The number of hydrogen-bond donors (Lipinski definition) is 1. The van der Waals surface area contributed by atoms with Crippen LogP contribution in [0.2, 0.25) is 0 Å². The first-order valence-corrected chi connectivity index (χ1v) is 8.19. The molecule has 0 aliphatic carbocycles. The number of aromatic nitrogens is 1. The highest BCUT2D eigenvalue weighted by Crippen LogP contribution is 2.26. The lowest BCUT2D eigenvalue weighted by molar-refractivity contribution is 0.0489. The number of pyridine rings is 1. The van der Waals surface area contributed by atoms with Crippen LogP contribution in [0.5, 0.6) is 5.88 Å². The summed E-state index contributed by atoms with van der Waals surface area (Å²) in [6, 6.07) is 1.39. The number of sulfonamides is 1. The van der Waals surface area contributed by atoms with Crippen molar-refractivity contribution in [1.29, 1.82) is 0 Å². The molecule has 1 aromatic heterocycles. The van der Waals surface area contributed by atoms with Crippen molar-refractivity contribution in [1.82, 2.24) is 4.98 Å². The van der Waals surface area contributed by atoms with Gasteiger partial charge >= 0.3 is 0 Å². The Morgan fingerprint density at radius 3 is 2.74 bits per heavy atom. The first kappa shape index (κ1) is 14.7. The maximum absolute atomic E-state index is 11.2. The third-order valence-electron chi connectivity index (χ3n) is 2.91. The molecular formula is C11H15BrN2O4S. The van der Waals surface area contributed by atoms with E-state index in [4.69, 9.17) is 14.6 Å². The van der Waals surface area contributed by atoms with Crippen LogP contribution < -0.4 is 9.88 Å². The first-order chi connectivity index (χ1) is 8.97. The summed E-state index contributed by atoms with van der Waals surface area (Å²) in [5.74, 6) is 0.819. The highest BCUT2D eigenvalue weighted by molar-refractivity contribution is 9.10. The number of hydrogen-bond acceptors (Lipinski definition) is 5. The van der Waals surface area contributed by atoms with E-state index >= 15 is 0 Å². The van der Waals surface area contributed by atoms with Gasteiger partial charge in [-0.25, -0.2) is 18.5 Å². The predicted octanol–water partition coefficient (Wildman–Crippen LogP) is 1.30. The average molecular weight is 351 g/mol. The van der Waals surface area contributed by atoms with Gasteiger partial charge in [-0.3, -0.25) is 0 Å². The Hall–Kier alpha value is -0.700. The molecule has 2 heterocycles. The Morgan fingerprint density at radius 1 is 1.47 bits per heavy atom. The number of halogens is 1. The van der Waals surface area contributed by atoms with E-state index in [9.17, 15) is 8.42 Å². The quantitative estimate of drug-likeness (QED) is 0.883. The van der Waals surface area contributed by atoms with E-state index < -0.39 is 10.0 Å². The van der Waals surface area contributed by atoms with Crippen molar-refractivity contribution >= 4 is 26.0 Å². The molecule has 0 saturated carbocycles. The molecule has 106 valence electrons. The van der Waals surface area contributed by atoms with E-state index in [0.29, 0.717) is 22.9 Å². The Bertz CT molecular complexity index is 544. The van der Waals surface area contributed by atoms with Gasteiger partial charge in [0.05, 0.1) is 17.3 Å². The molecule has 0 unspecified atom stereocenters. The maximum atomic E-state index is 11.2. The van der Waals surface area contributed by atoms with Crippen molar-refractivity contribution < 1.29 is 17.9 Å². The first-order valence-electron chi connectivity index (χ1n) is 5.85. The van der Waals surface area contributed by atoms with E-state index in [1.807, 2.05) is 0 Å². The SMILES string of the molecule is NS(=O)(=O)c1cnc(OCC2CCOCC2)c(Br)c1. The summed E-state index contributed by atoms with van der Waals surface area (Å²) >= 11 is 3.23. The van der Waals surface area contributed by atoms with Crippen molar-refractivity contribution in [3.63, 3.8) is 0 Å². The summed E-state index contributed by atoms with van der Waals surface area (Å²) < 4.78 is 33.7. The van der Waals surface area contributed by atoms with Crippen LogP contribution >= 0.6 is 15.9 Å². The van der Waals surface area contributed by atoms with Crippen molar-refractivity contribution in [3.05, 3.63) is 16.7 Å². The molecule has 0 aromatic carbocycles. The van der Waals surface area contributed by atoms with Crippen LogP contribution in [-0.4, -0.2) is 33.2 Å². The van der Waals surface area contributed by atoms with E-state index in [2.05, 4.69) is 20.9 Å². The smallest absolute Gasteiger partial charge is 0.239 e. The van der Waals surface area contributed by atoms with Crippen LogP contribution in [0.3, 0.4) is 0 Å². The Kier molecular flexibility index (Phi) is 4.77. The van der Waals surface area contributed by atoms with Gasteiger partial charge in [-0.15, -0.1) is 0 Å². The van der Waals surface area contributed by atoms with E-state index in [0.717, 1.165) is 26.1 Å². The van der Waals surface area contributed by atoms with Crippen molar-refractivity contribution in [3.8, 4) is 5.88 Å². The minimum absolute atomic E-state index is 0.0437. The van der Waals surface area contributed by atoms with E-state index in [1.165, 1.54) is 12.3 Å². The molecule has 6 nitrogen and oxygen atoms in total. The molecule has 0 radical (unpaired) electrons. The summed E-state index contributed by atoms with van der Waals surface area (Å²) in [7, 11) is -3.74. The van der Waals surface area contributed by atoms with Crippen LogP contribution in [0.1, 0.15) is 12.8 Å². The zero-order chi connectivity index (χ0) is 13.9. The van der Waals surface area contributed by atoms with Crippen LogP contribution in [0.25, 0.3) is 0 Å². The lowest BCUT2D eigenvalue weighted by Gasteiger charge is -2.22. The van der Waals surface area contributed by atoms with Gasteiger partial charge < -0.3 is 9.47 Å². The maximum Gasteiger partial charge on any atom is 0.239 e. The summed E-state index contributed by atoms with van der Waals surface area (Å²) in [5.41, 5.74) is 0. The molecule has 1 aliphatic heterocycles. The molecule has 0 amide bonds. The summed E-state index contributed by atoms with van der Waals surface area (Å²) in [6.07, 6.45) is 3.12. The molecule has 0 spiro atoms. The number of primary sulfonamides is 1. The second-order valence-corrected chi connectivity index (χ2v) is 6.79. The second kappa shape index (κ2) is 6.17. The van der Waals surface area contributed by atoms with Gasteiger partial charge in [0, 0.05) is 13.2 Å². The molecule has 0 bridgehead atoms. The second-order valence-electron chi connectivity index (χ2n) is 4.37. The fourth-order valence-corrected chi connectivity index (χ4v) is 2.88. The number of nitrogens with two attached hydrogens (primary N) is 1. The normalized spacial score (nSPS) is 17.4. The number of rotatable bonds is 4. The largest absolute Gasteiger partial charge is 0.477 e. The van der Waals surface area contributed by atoms with E-state index in [1.54, 1.807) is 0 Å². The Labute approximate surface area is 120 Å². The minimum Gasteiger partial charge on any atom is -0.477 e. The van der Waals surface area contributed by atoms with Gasteiger partial charge in [0.2, 0.25) is 15.9 Å². The van der Waals surface area contributed by atoms with Gasteiger partial charge in [-0.2, -0.15) is 0 Å². The molecule has 0 atom stereocenters. The highest BCUT2D eigenvalue weighted by atomic mass is 79.9. The van der Waals surface area contributed by atoms with Crippen LogP contribution in [0, 0.1) is 5.92 Å². The number of nitrogens with zero attached hydrogens (tertiary/aromatic N) is 1. The van der Waals surface area contributed by atoms with Gasteiger partial charge in [0.1, 0.15) is 4.90 Å². The summed E-state index contributed by atoms with van der Waals surface area (Å²) in [5, 5.41) is 5.02. The highest BCUT2D eigenvalue weighted by Gasteiger charge is 2.16. The topological polar surface area (TPSA) is 91.5 Å². The van der Waals surface area contributed by atoms with Crippen LogP contribution in [0.4, 0.5) is 0 Å². The zero-order valence-corrected chi connectivity index (χ0v) is 12.6. The van der Waals surface area contributed by atoms with Gasteiger partial charge in [0.15, 0.2) is 0 Å². The fourth-order valence-electron chi connectivity index (χ4n) is 1.78. The molecule has 19 heavy (non-hydrogen) atoms. The summed E-state index contributed by atoms with van der Waals surface area (Å²) in [4.78, 5) is 3.93. The molecule has 1 fully saturated rings. The summed E-state index contributed by atoms with van der Waals surface area (Å²) in [6.45, 7) is 2.06. The van der Waals surface area contributed by atoms with Gasteiger partial charge in [-0.05, 0) is 40.8 Å². The third kappa shape index (κ3) is 4.13. The van der Waals surface area contributed by atoms with Crippen molar-refractivity contribution in [2.24, 2.45) is 11.1 Å². The molecule has 1 aliphatic rings. The van der Waals surface area contributed by atoms with Crippen LogP contribution in [-0.2, 0) is 14.8 Å². The lowest BCUT2D eigenvalue weighted by atomic mass is 10.0. The lowest BCUT2D eigenvalue weighted by Crippen LogP contribution is -2.21. The van der Waals surface area contributed by atoms with E-state index in [-0.39, 0.29) is 4.90 Å². The predicted molar refractivity (Wildman–Crippen MR) is 72.3 cm³/mol. The van der Waals surface area contributed by atoms with Gasteiger partial charge in [-0.1, -0.05) is 0 Å². The Balaban J connectivity index is 2.01. The molecule has 1 aromatic rings. The standard InChI is InChI=1S/C11H15BrN2O4S/c12-10-5-9(19(13,15)16)6-14-11(10)18-7-8-1-3-17-4-2-8/h5-6,8H,1-4,7H2,(H2,13,15,16). The van der Waals surface area contributed by atoms with Crippen molar-refractivity contribution in [2.45, 2.75) is 17.7 Å². The molecule has 2 N–H and O–H groups in total. The fraction of sp³-hybridized carbons (Fsp3) is 0.545. The van der Waals surface area contributed by atoms with Crippen LogP contribution in [0.15, 0.2) is 21.6 Å². The molecular weight excluding hydrogens is 336 g/mol. The molecule has 8 heteroatoms.